The minimum Gasteiger partial charge on any atom is -0.284 e. The van der Waals surface area contributed by atoms with Crippen LogP contribution >= 0.6 is 0 Å². The maximum atomic E-state index is 13.6. The Kier molecular flexibility index (Phi) is 4.35. The van der Waals surface area contributed by atoms with Crippen molar-refractivity contribution < 1.29 is 4.39 Å². The highest BCUT2D eigenvalue weighted by atomic mass is 19.1. The summed E-state index contributed by atoms with van der Waals surface area (Å²) < 4.78 is 17.3. The lowest BCUT2D eigenvalue weighted by Gasteiger charge is -2.16. The number of fused-ring (bicyclic) bond motifs is 1. The second-order valence-corrected chi connectivity index (χ2v) is 6.63. The Balaban J connectivity index is 2.13. The van der Waals surface area contributed by atoms with Gasteiger partial charge in [0.1, 0.15) is 5.82 Å². The molecule has 4 aromatic rings. The zero-order chi connectivity index (χ0) is 20.7. The Bertz CT molecular complexity index is 1420. The molecule has 0 aliphatic carbocycles. The van der Waals surface area contributed by atoms with Crippen molar-refractivity contribution in [1.82, 2.24) is 23.9 Å². The maximum Gasteiger partial charge on any atom is 0.336 e. The zero-order valence-corrected chi connectivity index (χ0v) is 15.8. The molecule has 0 amide bonds. The van der Waals surface area contributed by atoms with E-state index in [-0.39, 0.29) is 12.2 Å². The lowest BCUT2D eigenvalue weighted by atomic mass is 10.2. The number of hydrogen-bond donors (Lipinski definition) is 0. The number of benzene rings is 1. The Morgan fingerprint density at radius 3 is 2.66 bits per heavy atom. The van der Waals surface area contributed by atoms with E-state index in [0.717, 1.165) is 10.1 Å². The molecule has 0 atom stereocenters. The number of aryl methyl sites for hydroxylation is 1. The second-order valence-electron chi connectivity index (χ2n) is 6.63. The molecule has 3 aromatic heterocycles. The van der Waals surface area contributed by atoms with E-state index in [4.69, 9.17) is 6.42 Å². The Morgan fingerprint density at radius 2 is 1.93 bits per heavy atom. The lowest BCUT2D eigenvalue weighted by Crippen LogP contribution is -2.42. The summed E-state index contributed by atoms with van der Waals surface area (Å²) in [5.74, 6) is 2.04. The third-order valence-corrected chi connectivity index (χ3v) is 4.69. The fraction of sp³-hybridized carbons (Fsp3) is 0.143. The van der Waals surface area contributed by atoms with Crippen LogP contribution in [-0.4, -0.2) is 23.9 Å². The fourth-order valence-corrected chi connectivity index (χ4v) is 3.33. The molecule has 0 bridgehead atoms. The van der Waals surface area contributed by atoms with Crippen molar-refractivity contribution in [3.05, 3.63) is 80.8 Å². The molecule has 7 nitrogen and oxygen atoms in total. The summed E-state index contributed by atoms with van der Waals surface area (Å²) in [7, 11) is 0. The quantitative estimate of drug-likeness (QED) is 0.503. The van der Waals surface area contributed by atoms with E-state index >= 15 is 0 Å². The van der Waals surface area contributed by atoms with E-state index in [1.165, 1.54) is 39.8 Å². The number of aromatic nitrogens is 5. The summed E-state index contributed by atoms with van der Waals surface area (Å²) >= 11 is 0. The summed E-state index contributed by atoms with van der Waals surface area (Å²) in [6.45, 7) is 3.42. The molecule has 0 aliphatic rings. The third kappa shape index (κ3) is 2.93. The van der Waals surface area contributed by atoms with Crippen molar-refractivity contribution in [3.63, 3.8) is 0 Å². The zero-order valence-electron chi connectivity index (χ0n) is 15.8. The molecule has 3 heterocycles. The standard InChI is InChI=1S/C21H16FN5O2/c1-4-7-25-14(3)19(27-18-6-5-16(22)9-15(18)11-24-27)20(28)26(21(25)29)17-8-13(2)10-23-12-17/h1,5-6,8-12H,7H2,2-3H3. The second kappa shape index (κ2) is 6.87. The van der Waals surface area contributed by atoms with Gasteiger partial charge in [-0.25, -0.2) is 18.4 Å². The molecular weight excluding hydrogens is 373 g/mol. The highest BCUT2D eigenvalue weighted by molar-refractivity contribution is 5.80. The first-order valence-corrected chi connectivity index (χ1v) is 8.78. The van der Waals surface area contributed by atoms with Crippen molar-refractivity contribution in [2.24, 2.45) is 0 Å². The van der Waals surface area contributed by atoms with Crippen LogP contribution < -0.4 is 11.2 Å². The summed E-state index contributed by atoms with van der Waals surface area (Å²) in [6.07, 6.45) is 9.98. The molecule has 0 spiro atoms. The Labute approximate surface area is 164 Å². The monoisotopic (exact) mass is 389 g/mol. The Hall–Kier alpha value is -3.99. The molecule has 0 radical (unpaired) electrons. The van der Waals surface area contributed by atoms with Gasteiger partial charge in [-0.05, 0) is 43.7 Å². The molecule has 0 saturated carbocycles. The van der Waals surface area contributed by atoms with Gasteiger partial charge in [0.05, 0.1) is 35.8 Å². The van der Waals surface area contributed by atoms with Crippen molar-refractivity contribution in [2.75, 3.05) is 0 Å². The van der Waals surface area contributed by atoms with Gasteiger partial charge in [0.25, 0.3) is 5.56 Å². The van der Waals surface area contributed by atoms with Gasteiger partial charge >= 0.3 is 5.69 Å². The largest absolute Gasteiger partial charge is 0.336 e. The Morgan fingerprint density at radius 1 is 1.14 bits per heavy atom. The third-order valence-electron chi connectivity index (χ3n) is 4.69. The van der Waals surface area contributed by atoms with Gasteiger partial charge in [0.2, 0.25) is 0 Å². The normalized spacial score (nSPS) is 11.0. The first kappa shape index (κ1) is 18.4. The van der Waals surface area contributed by atoms with Crippen molar-refractivity contribution in [3.8, 4) is 23.7 Å². The number of terminal acetylenes is 1. The van der Waals surface area contributed by atoms with Crippen molar-refractivity contribution >= 4 is 10.9 Å². The molecular formula is C21H16FN5O2. The van der Waals surface area contributed by atoms with E-state index in [2.05, 4.69) is 16.0 Å². The van der Waals surface area contributed by atoms with Crippen LogP contribution in [0.1, 0.15) is 11.3 Å². The van der Waals surface area contributed by atoms with Crippen LogP contribution in [0.15, 0.2) is 52.4 Å². The molecule has 29 heavy (non-hydrogen) atoms. The molecule has 4 rings (SSSR count). The average Bonchev–Trinajstić information content (AvgIpc) is 3.08. The highest BCUT2D eigenvalue weighted by Crippen LogP contribution is 2.19. The van der Waals surface area contributed by atoms with E-state index < -0.39 is 17.1 Å². The smallest absolute Gasteiger partial charge is 0.284 e. The molecule has 0 saturated heterocycles. The fourth-order valence-electron chi connectivity index (χ4n) is 3.33. The number of hydrogen-bond acceptors (Lipinski definition) is 4. The lowest BCUT2D eigenvalue weighted by molar-refractivity contribution is 0.629. The first-order valence-electron chi connectivity index (χ1n) is 8.78. The maximum absolute atomic E-state index is 13.6. The minimum absolute atomic E-state index is 0.0228. The van der Waals surface area contributed by atoms with E-state index in [0.29, 0.717) is 22.3 Å². The predicted molar refractivity (Wildman–Crippen MR) is 107 cm³/mol. The number of nitrogens with zero attached hydrogens (tertiary/aromatic N) is 5. The summed E-state index contributed by atoms with van der Waals surface area (Å²) in [6, 6.07) is 5.84. The van der Waals surface area contributed by atoms with Gasteiger partial charge in [-0.1, -0.05) is 5.92 Å². The van der Waals surface area contributed by atoms with Gasteiger partial charge in [-0.3, -0.25) is 14.3 Å². The highest BCUT2D eigenvalue weighted by Gasteiger charge is 2.21. The van der Waals surface area contributed by atoms with E-state index in [1.807, 2.05) is 6.92 Å². The predicted octanol–water partition coefficient (Wildman–Crippen LogP) is 2.12. The summed E-state index contributed by atoms with van der Waals surface area (Å²) in [5.41, 5.74) is 1.04. The van der Waals surface area contributed by atoms with Gasteiger partial charge < -0.3 is 0 Å². The van der Waals surface area contributed by atoms with Crippen LogP contribution in [0.5, 0.6) is 0 Å². The van der Waals surface area contributed by atoms with Gasteiger partial charge in [-0.15, -0.1) is 6.42 Å². The number of rotatable bonds is 3. The molecule has 0 aliphatic heterocycles. The number of halogens is 1. The van der Waals surface area contributed by atoms with E-state index in [9.17, 15) is 14.0 Å². The van der Waals surface area contributed by atoms with Crippen molar-refractivity contribution in [1.29, 1.82) is 0 Å². The van der Waals surface area contributed by atoms with Gasteiger partial charge in [0, 0.05) is 11.6 Å². The van der Waals surface area contributed by atoms with Crippen LogP contribution in [0.4, 0.5) is 4.39 Å². The molecule has 0 fully saturated rings. The molecule has 0 N–H and O–H groups in total. The first-order chi connectivity index (χ1) is 13.9. The van der Waals surface area contributed by atoms with Crippen LogP contribution in [-0.2, 0) is 6.54 Å². The molecule has 144 valence electrons. The van der Waals surface area contributed by atoms with Crippen LogP contribution in [0.25, 0.3) is 22.3 Å². The topological polar surface area (TPSA) is 74.7 Å². The SMILES string of the molecule is C#CCn1c(C)c(-n2ncc3cc(F)ccc32)c(=O)n(-c2cncc(C)c2)c1=O. The van der Waals surface area contributed by atoms with Crippen molar-refractivity contribution in [2.45, 2.75) is 20.4 Å². The molecule has 8 heteroatoms. The summed E-state index contributed by atoms with van der Waals surface area (Å²) in [4.78, 5) is 30.6. The van der Waals surface area contributed by atoms with Gasteiger partial charge in [-0.2, -0.15) is 5.10 Å². The van der Waals surface area contributed by atoms with Gasteiger partial charge in [0.15, 0.2) is 5.69 Å². The van der Waals surface area contributed by atoms with E-state index in [1.54, 1.807) is 19.2 Å². The molecule has 1 aromatic carbocycles. The van der Waals surface area contributed by atoms with Crippen LogP contribution in [0, 0.1) is 32.0 Å². The number of pyridine rings is 1. The summed E-state index contributed by atoms with van der Waals surface area (Å²) in [5, 5.41) is 4.80. The van der Waals surface area contributed by atoms with Crippen LogP contribution in [0.3, 0.4) is 0 Å². The minimum atomic E-state index is -0.567. The molecule has 0 unspecified atom stereocenters. The average molecular weight is 389 g/mol. The van der Waals surface area contributed by atoms with Crippen LogP contribution in [0.2, 0.25) is 0 Å².